The molecule has 2 aromatic rings. The fourth-order valence-corrected chi connectivity index (χ4v) is 2.46. The number of nitrogens with zero attached hydrogens (tertiary/aromatic N) is 1. The van der Waals surface area contributed by atoms with E-state index in [9.17, 15) is 9.59 Å². The average Bonchev–Trinajstić information content (AvgIpc) is 2.58. The van der Waals surface area contributed by atoms with Gasteiger partial charge in [0.05, 0.1) is 0 Å². The van der Waals surface area contributed by atoms with Crippen LogP contribution >= 0.6 is 0 Å². The molecule has 0 unspecified atom stereocenters. The molecule has 0 aliphatic heterocycles. The molecule has 4 heteroatoms. The molecule has 2 rings (SSSR count). The summed E-state index contributed by atoms with van der Waals surface area (Å²) in [5.74, 6) is 0. The van der Waals surface area contributed by atoms with Crippen LogP contribution in [0, 0.1) is 0 Å². The predicted molar refractivity (Wildman–Crippen MR) is 97.8 cm³/mol. The van der Waals surface area contributed by atoms with Gasteiger partial charge in [-0.25, -0.2) is 4.79 Å². The molecule has 0 N–H and O–H groups in total. The molecule has 25 heavy (non-hydrogen) atoms. The van der Waals surface area contributed by atoms with E-state index in [1.165, 1.54) is 4.90 Å². The van der Waals surface area contributed by atoms with Crippen LogP contribution in [0.25, 0.3) is 0 Å². The number of rotatable bonds is 6. The lowest BCUT2D eigenvalue weighted by atomic mass is 10.0. The van der Waals surface area contributed by atoms with Crippen LogP contribution in [-0.4, -0.2) is 28.9 Å². The average molecular weight is 338 g/mol. The summed E-state index contributed by atoms with van der Waals surface area (Å²) in [6.45, 7) is 5.72. The zero-order valence-corrected chi connectivity index (χ0v) is 14.9. The third-order valence-electron chi connectivity index (χ3n) is 3.61. The van der Waals surface area contributed by atoms with Crippen molar-refractivity contribution >= 4 is 12.4 Å². The second kappa shape index (κ2) is 8.47. The topological polar surface area (TPSA) is 46.6 Å². The van der Waals surface area contributed by atoms with Gasteiger partial charge in [-0.3, -0.25) is 9.69 Å². The molecule has 4 nitrogen and oxygen atoms in total. The molecule has 0 spiro atoms. The zero-order chi connectivity index (χ0) is 18.3. The summed E-state index contributed by atoms with van der Waals surface area (Å²) in [4.78, 5) is 25.8. The first-order valence-electron chi connectivity index (χ1n) is 8.34. The minimum absolute atomic E-state index is 0.294. The van der Waals surface area contributed by atoms with E-state index in [0.717, 1.165) is 11.1 Å². The highest BCUT2D eigenvalue weighted by Crippen LogP contribution is 2.17. The standard InChI is InChI=1S/C21H24NO3/c1-21(2,3)25-20(24)22(15-18-12-8-5-9-13-18)19(16-23)14-17-10-6-4-7-11-17/h4-13,19H,14-15H2,1-3H3/t19-/m0/s1. The van der Waals surface area contributed by atoms with E-state index in [1.807, 2.05) is 87.7 Å². The molecule has 1 amide bonds. The number of carbonyl (C=O) groups is 1. The molecule has 0 aromatic heterocycles. The number of amides is 1. The number of carbonyl (C=O) groups excluding carboxylic acids is 2. The summed E-state index contributed by atoms with van der Waals surface area (Å²) in [6.07, 6.45) is 1.90. The van der Waals surface area contributed by atoms with Gasteiger partial charge in [0, 0.05) is 13.0 Å². The van der Waals surface area contributed by atoms with E-state index in [-0.39, 0.29) is 0 Å². The normalized spacial score (nSPS) is 12.3. The maximum atomic E-state index is 12.7. The largest absolute Gasteiger partial charge is 0.444 e. The molecule has 0 saturated carbocycles. The maximum Gasteiger partial charge on any atom is 0.411 e. The smallest absolute Gasteiger partial charge is 0.411 e. The van der Waals surface area contributed by atoms with Gasteiger partial charge in [0.25, 0.3) is 0 Å². The van der Waals surface area contributed by atoms with Gasteiger partial charge in [0.1, 0.15) is 11.6 Å². The summed E-state index contributed by atoms with van der Waals surface area (Å²) in [5, 5.41) is 0. The van der Waals surface area contributed by atoms with E-state index in [2.05, 4.69) is 0 Å². The van der Waals surface area contributed by atoms with E-state index < -0.39 is 17.7 Å². The van der Waals surface area contributed by atoms with E-state index in [4.69, 9.17) is 4.74 Å². The van der Waals surface area contributed by atoms with Crippen molar-refractivity contribution < 1.29 is 14.3 Å². The first-order valence-corrected chi connectivity index (χ1v) is 8.34. The van der Waals surface area contributed by atoms with Crippen molar-refractivity contribution in [2.24, 2.45) is 0 Å². The van der Waals surface area contributed by atoms with Crippen molar-refractivity contribution in [3.05, 3.63) is 71.8 Å². The number of ether oxygens (including phenoxy) is 1. The molecular weight excluding hydrogens is 314 g/mol. The molecule has 0 bridgehead atoms. The Morgan fingerprint density at radius 2 is 1.52 bits per heavy atom. The monoisotopic (exact) mass is 338 g/mol. The highest BCUT2D eigenvalue weighted by Gasteiger charge is 2.29. The molecular formula is C21H24NO3. The molecule has 1 atom stereocenters. The van der Waals surface area contributed by atoms with E-state index >= 15 is 0 Å². The maximum absolute atomic E-state index is 12.7. The summed E-state index contributed by atoms with van der Waals surface area (Å²) in [5.41, 5.74) is 1.27. The third kappa shape index (κ3) is 6.07. The quantitative estimate of drug-likeness (QED) is 0.795. The molecule has 0 heterocycles. The molecule has 1 radical (unpaired) electrons. The lowest BCUT2D eigenvalue weighted by Gasteiger charge is -2.31. The highest BCUT2D eigenvalue weighted by molar-refractivity contribution is 5.74. The Morgan fingerprint density at radius 3 is 2.00 bits per heavy atom. The Kier molecular flexibility index (Phi) is 6.34. The summed E-state index contributed by atoms with van der Waals surface area (Å²) < 4.78 is 5.50. The second-order valence-corrected chi connectivity index (χ2v) is 6.92. The van der Waals surface area contributed by atoms with Gasteiger partial charge in [-0.05, 0) is 31.9 Å². The number of benzene rings is 2. The van der Waals surface area contributed by atoms with Gasteiger partial charge < -0.3 is 4.74 Å². The lowest BCUT2D eigenvalue weighted by molar-refractivity contribution is 0.0193. The van der Waals surface area contributed by atoms with Crippen LogP contribution in [0.1, 0.15) is 31.9 Å². The summed E-state index contributed by atoms with van der Waals surface area (Å²) >= 11 is 0. The van der Waals surface area contributed by atoms with Crippen LogP contribution in [0.5, 0.6) is 0 Å². The van der Waals surface area contributed by atoms with Crippen LogP contribution in [-0.2, 0) is 22.5 Å². The molecule has 0 fully saturated rings. The Bertz CT molecular complexity index is 677. The van der Waals surface area contributed by atoms with Crippen LogP contribution in [0.3, 0.4) is 0 Å². The van der Waals surface area contributed by atoms with Crippen LogP contribution in [0.15, 0.2) is 60.7 Å². The van der Waals surface area contributed by atoms with Crippen molar-refractivity contribution in [1.29, 1.82) is 0 Å². The Balaban J connectivity index is 2.24. The first-order chi connectivity index (χ1) is 11.9. The molecule has 0 aliphatic rings. The van der Waals surface area contributed by atoms with Gasteiger partial charge in [-0.1, -0.05) is 60.7 Å². The van der Waals surface area contributed by atoms with Crippen molar-refractivity contribution in [3.8, 4) is 0 Å². The summed E-state index contributed by atoms with van der Waals surface area (Å²) in [6, 6.07) is 18.4. The van der Waals surface area contributed by atoms with Gasteiger partial charge in [0.2, 0.25) is 6.29 Å². The SMILES string of the molecule is CC(C)(C)OC(=O)N(Cc1ccccc1)[C@H]([C]=O)Cc1ccccc1. The lowest BCUT2D eigenvalue weighted by Crippen LogP contribution is -2.44. The van der Waals surface area contributed by atoms with Crippen molar-refractivity contribution in [2.75, 3.05) is 0 Å². The second-order valence-electron chi connectivity index (χ2n) is 6.92. The van der Waals surface area contributed by atoms with Gasteiger partial charge in [-0.2, -0.15) is 0 Å². The van der Waals surface area contributed by atoms with E-state index in [0.29, 0.717) is 13.0 Å². The minimum atomic E-state index is -0.711. The Hall–Kier alpha value is -2.62. The fraction of sp³-hybridized carbons (Fsp3) is 0.333. The van der Waals surface area contributed by atoms with Crippen LogP contribution in [0.4, 0.5) is 4.79 Å². The molecule has 131 valence electrons. The Morgan fingerprint density at radius 1 is 1.00 bits per heavy atom. The Labute approximate surface area is 149 Å². The highest BCUT2D eigenvalue weighted by atomic mass is 16.6. The van der Waals surface area contributed by atoms with Crippen molar-refractivity contribution in [1.82, 2.24) is 4.90 Å². The van der Waals surface area contributed by atoms with Crippen molar-refractivity contribution in [2.45, 2.75) is 45.4 Å². The summed E-state index contributed by atoms with van der Waals surface area (Å²) in [7, 11) is 0. The van der Waals surface area contributed by atoms with Gasteiger partial charge >= 0.3 is 6.09 Å². The van der Waals surface area contributed by atoms with Gasteiger partial charge in [-0.15, -0.1) is 0 Å². The zero-order valence-electron chi connectivity index (χ0n) is 14.9. The van der Waals surface area contributed by atoms with Crippen molar-refractivity contribution in [3.63, 3.8) is 0 Å². The minimum Gasteiger partial charge on any atom is -0.444 e. The fourth-order valence-electron chi connectivity index (χ4n) is 2.46. The predicted octanol–water partition coefficient (Wildman–Crippen LogP) is 4.14. The number of hydrogen-bond acceptors (Lipinski definition) is 3. The van der Waals surface area contributed by atoms with E-state index in [1.54, 1.807) is 0 Å². The van der Waals surface area contributed by atoms with Gasteiger partial charge in [0.15, 0.2) is 0 Å². The first kappa shape index (κ1) is 18.7. The molecule has 0 aliphatic carbocycles. The van der Waals surface area contributed by atoms with Crippen LogP contribution in [0.2, 0.25) is 0 Å². The van der Waals surface area contributed by atoms with Crippen LogP contribution < -0.4 is 0 Å². The molecule has 2 aromatic carbocycles. The number of hydrogen-bond donors (Lipinski definition) is 0. The third-order valence-corrected chi connectivity index (χ3v) is 3.61. The molecule has 0 saturated heterocycles.